The van der Waals surface area contributed by atoms with Gasteiger partial charge in [-0.15, -0.1) is 0 Å². The molecule has 70 heavy (non-hydrogen) atoms. The summed E-state index contributed by atoms with van der Waals surface area (Å²) in [7, 11) is 0. The third-order valence-corrected chi connectivity index (χ3v) is 16.2. The summed E-state index contributed by atoms with van der Waals surface area (Å²) in [5, 5.41) is 0. The van der Waals surface area contributed by atoms with Crippen LogP contribution >= 0.6 is 0 Å². The van der Waals surface area contributed by atoms with Crippen LogP contribution in [0.3, 0.4) is 0 Å². The molecule has 10 heteroatoms. The van der Waals surface area contributed by atoms with E-state index in [0.29, 0.717) is 74.4 Å². The van der Waals surface area contributed by atoms with Crippen molar-refractivity contribution in [2.75, 3.05) is 26.4 Å². The van der Waals surface area contributed by atoms with E-state index in [1.54, 1.807) is 0 Å². The first-order chi connectivity index (χ1) is 34.1. The topological polar surface area (TPSA) is 124 Å². The summed E-state index contributed by atoms with van der Waals surface area (Å²) in [5.41, 5.74) is 2.62. The molecular weight excluding hydrogens is 881 g/mol. The zero-order chi connectivity index (χ0) is 49.5. The highest BCUT2D eigenvalue weighted by atomic mass is 16.5. The highest BCUT2D eigenvalue weighted by Crippen LogP contribution is 2.48. The SMILES string of the molecule is C=CC(=O)OCCCOC1CCC(C(=O)Oc2ccc(C(CC3CCC(CCC)CC3)C(CC3CCC(CCC)CC3)c3ccc(OC(=O)C4CCC(OCCCOC(=O)C=C)CC4)cc3)cc2)CC1. The second-order valence-electron chi connectivity index (χ2n) is 21.2. The average molecular weight is 967 g/mol. The number of hydrogen-bond donors (Lipinski definition) is 0. The van der Waals surface area contributed by atoms with Crippen molar-refractivity contribution >= 4 is 23.9 Å². The van der Waals surface area contributed by atoms with Crippen LogP contribution in [0, 0.1) is 35.5 Å². The maximum absolute atomic E-state index is 13.5. The van der Waals surface area contributed by atoms with E-state index in [2.05, 4.69) is 51.3 Å². The fourth-order valence-corrected chi connectivity index (χ4v) is 12.1. The maximum Gasteiger partial charge on any atom is 0.330 e. The summed E-state index contributed by atoms with van der Waals surface area (Å²) in [5.74, 6) is 3.31. The fourth-order valence-electron chi connectivity index (χ4n) is 12.1. The van der Waals surface area contributed by atoms with Gasteiger partial charge < -0.3 is 28.4 Å². The Labute approximate surface area is 420 Å². The van der Waals surface area contributed by atoms with E-state index in [1.165, 1.54) is 88.2 Å². The fraction of sp³-hybridized carbons (Fsp3) is 0.667. The molecule has 4 saturated carbocycles. The number of carbonyl (C=O) groups excluding carboxylic acids is 4. The van der Waals surface area contributed by atoms with Crippen molar-refractivity contribution in [2.24, 2.45) is 35.5 Å². The van der Waals surface area contributed by atoms with E-state index in [0.717, 1.165) is 88.2 Å². The molecule has 4 aliphatic rings. The predicted octanol–water partition coefficient (Wildman–Crippen LogP) is 13.7. The van der Waals surface area contributed by atoms with Crippen molar-refractivity contribution in [1.82, 2.24) is 0 Å². The zero-order valence-electron chi connectivity index (χ0n) is 42.8. The monoisotopic (exact) mass is 967 g/mol. The van der Waals surface area contributed by atoms with Crippen molar-refractivity contribution in [1.29, 1.82) is 0 Å². The molecule has 0 saturated heterocycles. The van der Waals surface area contributed by atoms with Crippen molar-refractivity contribution < 1.29 is 47.6 Å². The number of ether oxygens (including phenoxy) is 6. The molecule has 6 rings (SSSR count). The van der Waals surface area contributed by atoms with Gasteiger partial charge in [0.1, 0.15) is 11.5 Å². The van der Waals surface area contributed by atoms with Crippen LogP contribution in [0.5, 0.6) is 11.5 Å². The summed E-state index contributed by atoms with van der Waals surface area (Å²) < 4.78 is 34.3. The number of rotatable bonds is 27. The molecule has 4 fully saturated rings. The van der Waals surface area contributed by atoms with E-state index >= 15 is 0 Å². The van der Waals surface area contributed by atoms with Crippen LogP contribution < -0.4 is 9.47 Å². The maximum atomic E-state index is 13.5. The Morgan fingerprint density at radius 3 is 1.16 bits per heavy atom. The van der Waals surface area contributed by atoms with E-state index in [1.807, 2.05) is 24.3 Å². The molecule has 0 aromatic heterocycles. The minimum atomic E-state index is -0.421. The Kier molecular flexibility index (Phi) is 23.5. The number of benzene rings is 2. The zero-order valence-corrected chi connectivity index (χ0v) is 42.8. The van der Waals surface area contributed by atoms with Crippen molar-refractivity contribution in [3.63, 3.8) is 0 Å². The highest BCUT2D eigenvalue weighted by Gasteiger charge is 2.34. The molecule has 0 spiro atoms. The van der Waals surface area contributed by atoms with Crippen molar-refractivity contribution in [2.45, 2.75) is 192 Å². The van der Waals surface area contributed by atoms with E-state index in [-0.39, 0.29) is 36.0 Å². The molecule has 386 valence electrons. The first-order valence-corrected chi connectivity index (χ1v) is 27.6. The Hall–Kier alpha value is -4.28. The normalized spacial score (nSPS) is 25.7. The van der Waals surface area contributed by atoms with E-state index in [4.69, 9.17) is 28.4 Å². The molecule has 0 aliphatic heterocycles. The molecule has 0 radical (unpaired) electrons. The van der Waals surface area contributed by atoms with Gasteiger partial charge in [-0.05, 0) is 135 Å². The van der Waals surface area contributed by atoms with Crippen LogP contribution in [0.4, 0.5) is 0 Å². The van der Waals surface area contributed by atoms with E-state index < -0.39 is 11.9 Å². The molecule has 2 aromatic rings. The van der Waals surface area contributed by atoms with Crippen LogP contribution in [0.2, 0.25) is 0 Å². The van der Waals surface area contributed by atoms with Gasteiger partial charge in [0.05, 0.1) is 50.5 Å². The Morgan fingerprint density at radius 1 is 0.486 bits per heavy atom. The Bertz CT molecular complexity index is 1740. The summed E-state index contributed by atoms with van der Waals surface area (Å²) >= 11 is 0. The quantitative estimate of drug-likeness (QED) is 0.0370. The van der Waals surface area contributed by atoms with Gasteiger partial charge in [0.25, 0.3) is 0 Å². The third kappa shape index (κ3) is 18.1. The van der Waals surface area contributed by atoms with Crippen LogP contribution in [0.25, 0.3) is 0 Å². The Balaban J connectivity index is 1.11. The average Bonchev–Trinajstić information content (AvgIpc) is 3.39. The van der Waals surface area contributed by atoms with Gasteiger partial charge >= 0.3 is 23.9 Å². The number of esters is 4. The third-order valence-electron chi connectivity index (χ3n) is 16.2. The van der Waals surface area contributed by atoms with Crippen LogP contribution in [-0.4, -0.2) is 62.5 Å². The summed E-state index contributed by atoms with van der Waals surface area (Å²) in [4.78, 5) is 49.6. The lowest BCUT2D eigenvalue weighted by Crippen LogP contribution is -2.29. The lowest BCUT2D eigenvalue weighted by molar-refractivity contribution is -0.142. The van der Waals surface area contributed by atoms with Crippen molar-refractivity contribution in [3.8, 4) is 11.5 Å². The standard InChI is InChI=1S/C60H86O10/c1-5-11-43-13-17-45(18-14-43)41-55(47-21-33-53(34-22-47)69-59(63)49-25-29-51(30-26-49)65-37-9-39-67-57(61)7-3)56(42-46-19-15-44(12-6-2)16-20-46)48-23-35-54(36-24-48)70-60(64)50-27-31-52(32-28-50)66-38-10-40-68-58(62)8-4/h7-8,21-24,33-36,43-46,49-52,55-56H,3-6,9-20,25-32,37-42H2,1-2H3. The minimum absolute atomic E-state index is 0.0976. The first-order valence-electron chi connectivity index (χ1n) is 27.6. The molecule has 4 aliphatic carbocycles. The van der Waals surface area contributed by atoms with E-state index in [9.17, 15) is 19.2 Å². The lowest BCUT2D eigenvalue weighted by Gasteiger charge is -2.37. The highest BCUT2D eigenvalue weighted by molar-refractivity contribution is 5.81. The van der Waals surface area contributed by atoms with Crippen LogP contribution in [-0.2, 0) is 38.1 Å². The summed E-state index contributed by atoms with van der Waals surface area (Å²) in [6, 6.07) is 17.0. The molecule has 0 bridgehead atoms. The van der Waals surface area contributed by atoms with Crippen LogP contribution in [0.1, 0.15) is 191 Å². The summed E-state index contributed by atoms with van der Waals surface area (Å²) in [6.07, 6.45) is 27.7. The second kappa shape index (κ2) is 29.9. The largest absolute Gasteiger partial charge is 0.462 e. The van der Waals surface area contributed by atoms with Crippen LogP contribution in [0.15, 0.2) is 73.8 Å². The Morgan fingerprint density at radius 2 is 0.829 bits per heavy atom. The second-order valence-corrected chi connectivity index (χ2v) is 21.2. The van der Waals surface area contributed by atoms with Crippen molar-refractivity contribution in [3.05, 3.63) is 85.0 Å². The molecule has 10 nitrogen and oxygen atoms in total. The van der Waals surface area contributed by atoms with Gasteiger partial charge in [-0.3, -0.25) is 9.59 Å². The van der Waals surface area contributed by atoms with Gasteiger partial charge in [0, 0.05) is 25.0 Å². The van der Waals surface area contributed by atoms with Gasteiger partial charge in [-0.25, -0.2) is 9.59 Å². The van der Waals surface area contributed by atoms with Gasteiger partial charge in [0.2, 0.25) is 0 Å². The van der Waals surface area contributed by atoms with Gasteiger partial charge in [-0.1, -0.05) is 128 Å². The molecule has 0 N–H and O–H groups in total. The first kappa shape index (κ1) is 55.0. The number of carbonyl (C=O) groups is 4. The molecule has 0 amide bonds. The smallest absolute Gasteiger partial charge is 0.330 e. The molecular formula is C60H86O10. The minimum Gasteiger partial charge on any atom is -0.462 e. The predicted molar refractivity (Wildman–Crippen MR) is 275 cm³/mol. The molecule has 0 heterocycles. The lowest BCUT2D eigenvalue weighted by atomic mass is 9.67. The van der Waals surface area contributed by atoms with Gasteiger partial charge in [0.15, 0.2) is 0 Å². The van der Waals surface area contributed by atoms with Gasteiger partial charge in [-0.2, -0.15) is 0 Å². The summed E-state index contributed by atoms with van der Waals surface area (Å²) in [6.45, 7) is 13.1. The number of hydrogen-bond acceptors (Lipinski definition) is 10. The molecule has 2 unspecified atom stereocenters. The molecule has 2 atom stereocenters. The molecule has 2 aromatic carbocycles.